The normalized spacial score (nSPS) is 34.6. The third-order valence-corrected chi connectivity index (χ3v) is 4.80. The molecule has 2 unspecified atom stereocenters. The quantitative estimate of drug-likeness (QED) is 0.858. The topological polar surface area (TPSA) is 48.3 Å². The zero-order valence-corrected chi connectivity index (χ0v) is 13.2. The van der Waals surface area contributed by atoms with Crippen LogP contribution in [-0.4, -0.2) is 48.3 Å². The fourth-order valence-corrected chi connectivity index (χ4v) is 3.72. The largest absolute Gasteiger partial charge is 0.378 e. The van der Waals surface area contributed by atoms with Crippen molar-refractivity contribution in [1.82, 2.24) is 10.2 Å². The molecular weight excluding hydrogens is 250 g/mol. The summed E-state index contributed by atoms with van der Waals surface area (Å²) in [5.41, 5.74) is -0.223. The Hall–Kier alpha value is -0.630. The van der Waals surface area contributed by atoms with Crippen molar-refractivity contribution in [2.24, 2.45) is 0 Å². The summed E-state index contributed by atoms with van der Waals surface area (Å²) in [4.78, 5) is 2.58. The van der Waals surface area contributed by atoms with Crippen molar-refractivity contribution in [2.45, 2.75) is 70.0 Å². The fourth-order valence-electron chi connectivity index (χ4n) is 3.72. The minimum absolute atomic E-state index is 0.0895. The highest BCUT2D eigenvalue weighted by atomic mass is 16.5. The summed E-state index contributed by atoms with van der Waals surface area (Å²) >= 11 is 0. The molecule has 0 aromatic rings. The average Bonchev–Trinajstić information content (AvgIpc) is 2.45. The van der Waals surface area contributed by atoms with Gasteiger partial charge >= 0.3 is 0 Å². The Kier molecular flexibility index (Phi) is 5.06. The van der Waals surface area contributed by atoms with E-state index in [1.54, 1.807) is 0 Å². The third-order valence-electron chi connectivity index (χ3n) is 4.80. The first-order valence-corrected chi connectivity index (χ1v) is 8.04. The standard InChI is InChI=1S/C16H29N3O/c1-4-8-18-16(12-17)7-5-6-14(11-16)19-9-10-20-13-15(19,2)3/h14,18H,4-11,13H2,1-3H3. The molecule has 0 radical (unpaired) electrons. The Bertz CT molecular complexity index is 363. The number of nitrogens with one attached hydrogen (secondary N) is 1. The molecule has 4 nitrogen and oxygen atoms in total. The Labute approximate surface area is 123 Å². The molecular formula is C16H29N3O. The molecule has 1 heterocycles. The monoisotopic (exact) mass is 279 g/mol. The highest BCUT2D eigenvalue weighted by Gasteiger charge is 2.42. The van der Waals surface area contributed by atoms with Crippen LogP contribution in [0.2, 0.25) is 0 Å². The minimum atomic E-state index is -0.312. The van der Waals surface area contributed by atoms with Crippen LogP contribution in [0.1, 0.15) is 52.9 Å². The van der Waals surface area contributed by atoms with Crippen LogP contribution in [0, 0.1) is 11.3 Å². The lowest BCUT2D eigenvalue weighted by atomic mass is 9.78. The van der Waals surface area contributed by atoms with E-state index in [0.717, 1.165) is 52.0 Å². The van der Waals surface area contributed by atoms with Crippen LogP contribution in [-0.2, 0) is 4.74 Å². The third kappa shape index (κ3) is 3.33. The van der Waals surface area contributed by atoms with Gasteiger partial charge in [-0.2, -0.15) is 5.26 Å². The van der Waals surface area contributed by atoms with Gasteiger partial charge in [0, 0.05) is 18.1 Å². The lowest BCUT2D eigenvalue weighted by Gasteiger charge is -2.50. The van der Waals surface area contributed by atoms with Gasteiger partial charge in [0.05, 0.1) is 19.3 Å². The number of ether oxygens (including phenoxy) is 1. The van der Waals surface area contributed by atoms with Gasteiger partial charge in [-0.05, 0) is 52.5 Å². The van der Waals surface area contributed by atoms with E-state index in [-0.39, 0.29) is 11.1 Å². The number of morpholine rings is 1. The van der Waals surface area contributed by atoms with Crippen LogP contribution in [0.3, 0.4) is 0 Å². The van der Waals surface area contributed by atoms with E-state index in [1.807, 2.05) is 0 Å². The summed E-state index contributed by atoms with van der Waals surface area (Å²) in [5.74, 6) is 0. The van der Waals surface area contributed by atoms with Crippen LogP contribution in [0.4, 0.5) is 0 Å². The molecule has 2 fully saturated rings. The summed E-state index contributed by atoms with van der Waals surface area (Å²) in [7, 11) is 0. The Morgan fingerprint density at radius 2 is 2.25 bits per heavy atom. The van der Waals surface area contributed by atoms with Gasteiger partial charge < -0.3 is 4.74 Å². The molecule has 0 aromatic carbocycles. The number of nitriles is 1. The Balaban J connectivity index is 2.07. The van der Waals surface area contributed by atoms with Gasteiger partial charge in [0.1, 0.15) is 5.54 Å². The molecule has 0 aromatic heterocycles. The predicted molar refractivity (Wildman–Crippen MR) is 80.5 cm³/mol. The molecule has 2 atom stereocenters. The zero-order valence-electron chi connectivity index (χ0n) is 13.2. The summed E-state index contributed by atoms with van der Waals surface area (Å²) in [5, 5.41) is 13.2. The van der Waals surface area contributed by atoms with Crippen molar-refractivity contribution >= 4 is 0 Å². The van der Waals surface area contributed by atoms with Gasteiger partial charge in [0.25, 0.3) is 0 Å². The van der Waals surface area contributed by atoms with E-state index in [1.165, 1.54) is 6.42 Å². The Morgan fingerprint density at radius 3 is 2.90 bits per heavy atom. The molecule has 2 aliphatic rings. The zero-order chi connectivity index (χ0) is 14.6. The van der Waals surface area contributed by atoms with Crippen LogP contribution in [0.15, 0.2) is 0 Å². The van der Waals surface area contributed by atoms with Crippen molar-refractivity contribution < 1.29 is 4.74 Å². The fraction of sp³-hybridized carbons (Fsp3) is 0.938. The predicted octanol–water partition coefficient (Wildman–Crippen LogP) is 2.30. The highest BCUT2D eigenvalue weighted by Crippen LogP contribution is 2.35. The molecule has 1 saturated carbocycles. The van der Waals surface area contributed by atoms with Gasteiger partial charge in [0.15, 0.2) is 0 Å². The van der Waals surface area contributed by atoms with E-state index in [0.29, 0.717) is 6.04 Å². The van der Waals surface area contributed by atoms with E-state index in [2.05, 4.69) is 37.1 Å². The van der Waals surface area contributed by atoms with Crippen molar-refractivity contribution in [3.8, 4) is 6.07 Å². The van der Waals surface area contributed by atoms with Crippen LogP contribution >= 0.6 is 0 Å². The molecule has 1 saturated heterocycles. The number of hydrogen-bond acceptors (Lipinski definition) is 4. The lowest BCUT2D eigenvalue weighted by Crippen LogP contribution is -2.61. The first-order chi connectivity index (χ1) is 9.53. The molecule has 0 spiro atoms. The molecule has 4 heteroatoms. The summed E-state index contributed by atoms with van der Waals surface area (Å²) in [6, 6.07) is 3.09. The molecule has 1 N–H and O–H groups in total. The second-order valence-corrected chi connectivity index (χ2v) is 6.93. The molecule has 114 valence electrons. The van der Waals surface area contributed by atoms with Crippen molar-refractivity contribution in [3.63, 3.8) is 0 Å². The number of nitrogens with zero attached hydrogens (tertiary/aromatic N) is 2. The SMILES string of the molecule is CCCNC1(C#N)CCCC(N2CCOCC2(C)C)C1. The van der Waals surface area contributed by atoms with E-state index in [9.17, 15) is 5.26 Å². The second-order valence-electron chi connectivity index (χ2n) is 6.93. The summed E-state index contributed by atoms with van der Waals surface area (Å²) < 4.78 is 5.63. The molecule has 1 aliphatic carbocycles. The maximum Gasteiger partial charge on any atom is 0.108 e. The smallest absolute Gasteiger partial charge is 0.108 e. The molecule has 0 bridgehead atoms. The van der Waals surface area contributed by atoms with Crippen molar-refractivity contribution in [2.75, 3.05) is 26.3 Å². The maximum atomic E-state index is 9.66. The molecule has 20 heavy (non-hydrogen) atoms. The van der Waals surface area contributed by atoms with Gasteiger partial charge in [-0.3, -0.25) is 10.2 Å². The van der Waals surface area contributed by atoms with Crippen LogP contribution < -0.4 is 5.32 Å². The summed E-state index contributed by atoms with van der Waals surface area (Å²) in [6.45, 7) is 10.2. The van der Waals surface area contributed by atoms with Crippen LogP contribution in [0.25, 0.3) is 0 Å². The summed E-state index contributed by atoms with van der Waals surface area (Å²) in [6.07, 6.45) is 5.37. The van der Waals surface area contributed by atoms with E-state index < -0.39 is 0 Å². The van der Waals surface area contributed by atoms with Crippen molar-refractivity contribution in [1.29, 1.82) is 5.26 Å². The van der Waals surface area contributed by atoms with Gasteiger partial charge in [-0.15, -0.1) is 0 Å². The molecule has 2 rings (SSSR count). The molecule has 0 amide bonds. The number of rotatable bonds is 4. The molecule has 1 aliphatic heterocycles. The van der Waals surface area contributed by atoms with Gasteiger partial charge in [-0.25, -0.2) is 0 Å². The maximum absolute atomic E-state index is 9.66. The number of hydrogen-bond donors (Lipinski definition) is 1. The van der Waals surface area contributed by atoms with Gasteiger partial charge in [0.2, 0.25) is 0 Å². The second kappa shape index (κ2) is 6.43. The minimum Gasteiger partial charge on any atom is -0.378 e. The van der Waals surface area contributed by atoms with Crippen molar-refractivity contribution in [3.05, 3.63) is 0 Å². The van der Waals surface area contributed by atoms with Gasteiger partial charge in [-0.1, -0.05) is 6.92 Å². The Morgan fingerprint density at radius 1 is 1.45 bits per heavy atom. The van der Waals surface area contributed by atoms with E-state index >= 15 is 0 Å². The highest BCUT2D eigenvalue weighted by molar-refractivity contribution is 5.12. The lowest BCUT2D eigenvalue weighted by molar-refractivity contribution is -0.0823. The van der Waals surface area contributed by atoms with Crippen LogP contribution in [0.5, 0.6) is 0 Å². The van der Waals surface area contributed by atoms with E-state index in [4.69, 9.17) is 4.74 Å². The first kappa shape index (κ1) is 15.8. The first-order valence-electron chi connectivity index (χ1n) is 8.04. The average molecular weight is 279 g/mol.